The molecule has 0 aromatic heterocycles. The molecule has 0 spiro atoms. The maximum Gasteiger partial charge on any atom is 0.244 e. The molecule has 214 valence electrons. The van der Waals surface area contributed by atoms with Crippen molar-refractivity contribution in [2.45, 2.75) is 59.2 Å². The summed E-state index contributed by atoms with van der Waals surface area (Å²) in [5, 5.41) is 3.43. The van der Waals surface area contributed by atoms with E-state index in [-0.39, 0.29) is 24.9 Å². The van der Waals surface area contributed by atoms with Gasteiger partial charge in [0.05, 0.1) is 11.9 Å². The molecule has 0 aliphatic heterocycles. The van der Waals surface area contributed by atoms with Crippen LogP contribution in [0.25, 0.3) is 0 Å². The molecule has 0 saturated heterocycles. The Labute approximate surface area is 243 Å². The minimum absolute atomic E-state index is 0.0946. The fraction of sp³-hybridized carbons (Fsp3) is 0.355. The summed E-state index contributed by atoms with van der Waals surface area (Å²) in [7, 11) is -3.87. The molecular weight excluding hydrogens is 546 g/mol. The molecule has 0 radical (unpaired) electrons. The summed E-state index contributed by atoms with van der Waals surface area (Å²) in [5.41, 5.74) is 3.59. The second kappa shape index (κ2) is 13.8. The van der Waals surface area contributed by atoms with Gasteiger partial charge in [-0.15, -0.1) is 0 Å². The van der Waals surface area contributed by atoms with Gasteiger partial charge >= 0.3 is 0 Å². The molecule has 2 amide bonds. The summed E-state index contributed by atoms with van der Waals surface area (Å²) in [6.45, 7) is 7.21. The lowest BCUT2D eigenvalue weighted by Crippen LogP contribution is -2.54. The van der Waals surface area contributed by atoms with Gasteiger partial charge < -0.3 is 10.2 Å². The fourth-order valence-electron chi connectivity index (χ4n) is 4.43. The number of amides is 2. The number of benzene rings is 3. The largest absolute Gasteiger partial charge is 0.352 e. The van der Waals surface area contributed by atoms with Crippen LogP contribution in [0.15, 0.2) is 72.8 Å². The molecule has 0 unspecified atom stereocenters. The van der Waals surface area contributed by atoms with E-state index in [1.54, 1.807) is 25.1 Å². The van der Waals surface area contributed by atoms with Gasteiger partial charge in [0.25, 0.3) is 0 Å². The number of rotatable bonds is 12. The third kappa shape index (κ3) is 8.08. The second-order valence-electron chi connectivity index (χ2n) is 10.1. The molecule has 0 aliphatic carbocycles. The molecule has 0 heterocycles. The van der Waals surface area contributed by atoms with Crippen LogP contribution >= 0.6 is 11.6 Å². The van der Waals surface area contributed by atoms with Crippen molar-refractivity contribution in [2.75, 3.05) is 17.1 Å². The highest BCUT2D eigenvalue weighted by Crippen LogP contribution is 2.29. The zero-order valence-electron chi connectivity index (χ0n) is 23.7. The summed E-state index contributed by atoms with van der Waals surface area (Å²) in [6.07, 6.45) is 2.06. The van der Waals surface area contributed by atoms with E-state index in [1.165, 1.54) is 4.90 Å². The van der Waals surface area contributed by atoms with Crippen molar-refractivity contribution in [2.24, 2.45) is 0 Å². The number of sulfonamides is 1. The molecule has 40 heavy (non-hydrogen) atoms. The number of carbonyl (C=O) groups is 2. The molecule has 0 fully saturated rings. The fourth-order valence-corrected chi connectivity index (χ4v) is 5.50. The maximum atomic E-state index is 14.2. The Morgan fingerprint density at radius 3 is 2.23 bits per heavy atom. The van der Waals surface area contributed by atoms with Gasteiger partial charge in [0.15, 0.2) is 0 Å². The van der Waals surface area contributed by atoms with Gasteiger partial charge in [0.2, 0.25) is 21.8 Å². The molecule has 3 aromatic carbocycles. The maximum absolute atomic E-state index is 14.2. The van der Waals surface area contributed by atoms with Gasteiger partial charge in [-0.2, -0.15) is 0 Å². The van der Waals surface area contributed by atoms with Crippen LogP contribution in [0.1, 0.15) is 42.5 Å². The Morgan fingerprint density at radius 2 is 1.60 bits per heavy atom. The Balaban J connectivity index is 2.10. The lowest BCUT2D eigenvalue weighted by Gasteiger charge is -2.34. The first-order chi connectivity index (χ1) is 18.9. The van der Waals surface area contributed by atoms with E-state index in [9.17, 15) is 18.0 Å². The molecule has 0 bridgehead atoms. The summed E-state index contributed by atoms with van der Waals surface area (Å²) >= 11 is 6.31. The van der Waals surface area contributed by atoms with Crippen LogP contribution in [-0.2, 0) is 32.6 Å². The van der Waals surface area contributed by atoms with Gasteiger partial charge in [-0.3, -0.25) is 13.9 Å². The zero-order valence-corrected chi connectivity index (χ0v) is 25.3. The quantitative estimate of drug-likeness (QED) is 0.314. The second-order valence-corrected chi connectivity index (χ2v) is 12.4. The van der Waals surface area contributed by atoms with Crippen LogP contribution in [0.5, 0.6) is 0 Å². The number of aryl methyl sites for hydroxylation is 1. The number of carbonyl (C=O) groups excluding carboxylic acids is 2. The smallest absolute Gasteiger partial charge is 0.244 e. The normalized spacial score (nSPS) is 12.8. The van der Waals surface area contributed by atoms with Crippen molar-refractivity contribution < 1.29 is 18.0 Å². The Bertz CT molecular complexity index is 1430. The molecule has 2 atom stereocenters. The highest BCUT2D eigenvalue weighted by Gasteiger charge is 2.34. The van der Waals surface area contributed by atoms with E-state index in [0.29, 0.717) is 16.3 Å². The van der Waals surface area contributed by atoms with Gasteiger partial charge in [-0.05, 0) is 61.6 Å². The summed E-state index contributed by atoms with van der Waals surface area (Å²) in [4.78, 5) is 29.4. The van der Waals surface area contributed by atoms with Crippen LogP contribution in [0, 0.1) is 13.8 Å². The molecule has 3 rings (SSSR count). The third-order valence-corrected chi connectivity index (χ3v) is 8.60. The van der Waals surface area contributed by atoms with Crippen LogP contribution in [0.3, 0.4) is 0 Å². The van der Waals surface area contributed by atoms with Crippen molar-refractivity contribution in [3.8, 4) is 0 Å². The first-order valence-electron chi connectivity index (χ1n) is 13.3. The molecule has 0 aliphatic rings. The Kier molecular flexibility index (Phi) is 10.8. The minimum atomic E-state index is -3.87. The number of halogens is 1. The lowest BCUT2D eigenvalue weighted by molar-refractivity contribution is -0.140. The van der Waals surface area contributed by atoms with E-state index in [4.69, 9.17) is 11.6 Å². The first kappa shape index (κ1) is 31.2. The number of hydrogen-bond donors (Lipinski definition) is 1. The SMILES string of the molecule is CC[C@@H](C)NC(=O)[C@@H](Cc1ccccc1)N(Cc1ccccc1C)C(=O)CN(c1cccc(Cl)c1C)S(C)(=O)=O. The van der Waals surface area contributed by atoms with Gasteiger partial charge in [-0.25, -0.2) is 8.42 Å². The topological polar surface area (TPSA) is 86.8 Å². The van der Waals surface area contributed by atoms with E-state index in [2.05, 4.69) is 5.32 Å². The minimum Gasteiger partial charge on any atom is -0.352 e. The molecule has 9 heteroatoms. The van der Waals surface area contributed by atoms with E-state index in [1.807, 2.05) is 75.4 Å². The average molecular weight is 584 g/mol. The lowest BCUT2D eigenvalue weighted by atomic mass is 10.0. The molecular formula is C31H38ClN3O4S. The number of hydrogen-bond acceptors (Lipinski definition) is 4. The van der Waals surface area contributed by atoms with Crippen LogP contribution < -0.4 is 9.62 Å². The third-order valence-electron chi connectivity index (χ3n) is 7.06. The van der Waals surface area contributed by atoms with Gasteiger partial charge in [-0.1, -0.05) is 79.2 Å². The summed E-state index contributed by atoms with van der Waals surface area (Å²) < 4.78 is 27.0. The standard InChI is InChI=1S/C31H38ClN3O4S/c1-6-23(3)33-31(37)29(19-25-14-8-7-9-15-25)34(20-26-16-11-10-13-22(26)2)30(36)21-35(40(5,38)39)28-18-12-17-27(32)24(28)4/h7-18,23,29H,6,19-21H2,1-5H3,(H,33,37)/t23-,29-/m1/s1. The van der Waals surface area contributed by atoms with Crippen LogP contribution in [0.2, 0.25) is 5.02 Å². The average Bonchev–Trinajstić information content (AvgIpc) is 2.91. The molecule has 7 nitrogen and oxygen atoms in total. The number of nitrogens with one attached hydrogen (secondary N) is 1. The predicted octanol–water partition coefficient (Wildman–Crippen LogP) is 5.28. The van der Waals surface area contributed by atoms with E-state index >= 15 is 0 Å². The van der Waals surface area contributed by atoms with Crippen molar-refractivity contribution in [1.82, 2.24) is 10.2 Å². The number of anilines is 1. The highest BCUT2D eigenvalue weighted by atomic mass is 35.5. The first-order valence-corrected chi connectivity index (χ1v) is 15.6. The van der Waals surface area contributed by atoms with Crippen molar-refractivity contribution >= 4 is 39.1 Å². The van der Waals surface area contributed by atoms with Crippen molar-refractivity contribution in [1.29, 1.82) is 0 Å². The van der Waals surface area contributed by atoms with E-state index < -0.39 is 28.5 Å². The van der Waals surface area contributed by atoms with Crippen LogP contribution in [-0.4, -0.2) is 50.0 Å². The van der Waals surface area contributed by atoms with Gasteiger partial charge in [0, 0.05) is 24.0 Å². The Morgan fingerprint density at radius 1 is 0.950 bits per heavy atom. The van der Waals surface area contributed by atoms with Gasteiger partial charge in [0.1, 0.15) is 12.6 Å². The van der Waals surface area contributed by atoms with Crippen molar-refractivity contribution in [3.63, 3.8) is 0 Å². The predicted molar refractivity (Wildman–Crippen MR) is 162 cm³/mol. The summed E-state index contributed by atoms with van der Waals surface area (Å²) in [6, 6.07) is 21.1. The monoisotopic (exact) mass is 583 g/mol. The van der Waals surface area contributed by atoms with Crippen LogP contribution in [0.4, 0.5) is 5.69 Å². The van der Waals surface area contributed by atoms with Crippen molar-refractivity contribution in [3.05, 3.63) is 100 Å². The molecule has 3 aromatic rings. The molecule has 1 N–H and O–H groups in total. The highest BCUT2D eigenvalue weighted by molar-refractivity contribution is 7.92. The van der Waals surface area contributed by atoms with E-state index in [0.717, 1.165) is 33.7 Å². The summed E-state index contributed by atoms with van der Waals surface area (Å²) in [5.74, 6) is -0.779. The Hall–Kier alpha value is -3.36. The molecule has 0 saturated carbocycles. The zero-order chi connectivity index (χ0) is 29.4. The number of nitrogens with zero attached hydrogens (tertiary/aromatic N) is 2.